The highest BCUT2D eigenvalue weighted by Crippen LogP contribution is 2.16. The lowest BCUT2D eigenvalue weighted by molar-refractivity contribution is -0.136. The zero-order valence-corrected chi connectivity index (χ0v) is 8.38. The zero-order valence-electron chi connectivity index (χ0n) is 8.38. The number of carbonyl (C=O) groups is 1. The fourth-order valence-corrected chi connectivity index (χ4v) is 1.42. The van der Waals surface area contributed by atoms with Crippen LogP contribution in [0.4, 0.5) is 0 Å². The first-order valence-electron chi connectivity index (χ1n) is 4.85. The highest BCUT2D eigenvalue weighted by molar-refractivity contribution is 5.37. The molecule has 0 amide bonds. The van der Waals surface area contributed by atoms with Crippen LogP contribution >= 0.6 is 0 Å². The van der Waals surface area contributed by atoms with E-state index in [2.05, 4.69) is 20.8 Å². The number of hydrogen-bond acceptors (Lipinski definition) is 2. The smallest absolute Gasteiger partial charge is 0.293 e. The Bertz CT molecular complexity index is 112. The molecule has 0 aliphatic rings. The number of rotatable bonds is 7. The van der Waals surface area contributed by atoms with Crippen molar-refractivity contribution < 1.29 is 9.53 Å². The van der Waals surface area contributed by atoms with E-state index < -0.39 is 0 Å². The van der Waals surface area contributed by atoms with Crippen molar-refractivity contribution in [3.63, 3.8) is 0 Å². The molecule has 12 heavy (non-hydrogen) atoms. The van der Waals surface area contributed by atoms with Crippen molar-refractivity contribution in [3.8, 4) is 0 Å². The summed E-state index contributed by atoms with van der Waals surface area (Å²) >= 11 is 0. The Morgan fingerprint density at radius 3 is 2.50 bits per heavy atom. The van der Waals surface area contributed by atoms with Crippen LogP contribution in [0.15, 0.2) is 0 Å². The van der Waals surface area contributed by atoms with E-state index >= 15 is 0 Å². The van der Waals surface area contributed by atoms with E-state index in [4.69, 9.17) is 4.74 Å². The average molecular weight is 172 g/mol. The molecule has 0 radical (unpaired) electrons. The maximum atomic E-state index is 10.1. The van der Waals surface area contributed by atoms with Gasteiger partial charge in [-0.15, -0.1) is 0 Å². The molecular formula is C10H20O2. The number of hydrogen-bond donors (Lipinski definition) is 0. The van der Waals surface area contributed by atoms with Crippen LogP contribution < -0.4 is 0 Å². The molecule has 2 atom stereocenters. The van der Waals surface area contributed by atoms with Crippen LogP contribution in [-0.4, -0.2) is 12.6 Å². The molecule has 72 valence electrons. The largest absolute Gasteiger partial charge is 0.464 e. The summed E-state index contributed by atoms with van der Waals surface area (Å²) in [5, 5.41) is 0. The van der Waals surface area contributed by atoms with E-state index in [9.17, 15) is 4.79 Å². The molecule has 0 spiro atoms. The minimum absolute atomic E-state index is 0.119. The van der Waals surface area contributed by atoms with E-state index in [1.54, 1.807) is 0 Å². The second-order valence-electron chi connectivity index (χ2n) is 3.30. The lowest BCUT2D eigenvalue weighted by atomic mass is 9.96. The monoisotopic (exact) mass is 172 g/mol. The molecule has 0 aliphatic heterocycles. The van der Waals surface area contributed by atoms with Gasteiger partial charge in [0.2, 0.25) is 0 Å². The molecule has 2 nitrogen and oxygen atoms in total. The molecule has 0 aromatic carbocycles. The first-order valence-corrected chi connectivity index (χ1v) is 4.85. The van der Waals surface area contributed by atoms with Gasteiger partial charge in [0.05, 0.1) is 0 Å². The lowest BCUT2D eigenvalue weighted by Gasteiger charge is -2.20. The topological polar surface area (TPSA) is 26.3 Å². The number of ether oxygens (including phenoxy) is 1. The van der Waals surface area contributed by atoms with Crippen LogP contribution in [0, 0.1) is 5.92 Å². The molecule has 0 bridgehead atoms. The first kappa shape index (κ1) is 11.5. The molecular weight excluding hydrogens is 152 g/mol. The Morgan fingerprint density at radius 2 is 2.08 bits per heavy atom. The van der Waals surface area contributed by atoms with Gasteiger partial charge >= 0.3 is 0 Å². The molecule has 2 heteroatoms. The van der Waals surface area contributed by atoms with E-state index in [-0.39, 0.29) is 6.10 Å². The first-order chi connectivity index (χ1) is 5.76. The molecule has 0 N–H and O–H groups in total. The van der Waals surface area contributed by atoms with Gasteiger partial charge in [0.15, 0.2) is 0 Å². The summed E-state index contributed by atoms with van der Waals surface area (Å²) in [5.41, 5.74) is 0. The summed E-state index contributed by atoms with van der Waals surface area (Å²) in [6.45, 7) is 6.94. The Balaban J connectivity index is 3.67. The number of unbranched alkanes of at least 4 members (excludes halogenated alkanes) is 1. The van der Waals surface area contributed by atoms with Crippen molar-refractivity contribution in [1.82, 2.24) is 0 Å². The van der Waals surface area contributed by atoms with Gasteiger partial charge in [-0.3, -0.25) is 4.79 Å². The predicted octanol–water partition coefficient (Wildman–Crippen LogP) is 2.76. The van der Waals surface area contributed by atoms with E-state index in [1.165, 1.54) is 12.8 Å². The van der Waals surface area contributed by atoms with Gasteiger partial charge in [-0.05, 0) is 18.8 Å². The van der Waals surface area contributed by atoms with Gasteiger partial charge in [-0.25, -0.2) is 0 Å². The van der Waals surface area contributed by atoms with Crippen molar-refractivity contribution >= 4 is 6.47 Å². The van der Waals surface area contributed by atoms with E-state index in [0.717, 1.165) is 12.8 Å². The molecule has 0 heterocycles. The summed E-state index contributed by atoms with van der Waals surface area (Å²) in [5.74, 6) is 0.500. The zero-order chi connectivity index (χ0) is 9.40. The van der Waals surface area contributed by atoms with Crippen molar-refractivity contribution in [2.45, 2.75) is 52.6 Å². The second kappa shape index (κ2) is 7.14. The summed E-state index contributed by atoms with van der Waals surface area (Å²) in [6, 6.07) is 0. The van der Waals surface area contributed by atoms with Gasteiger partial charge in [0, 0.05) is 0 Å². The SMILES string of the molecule is CCCCC(C)C(CC)OC=O. The molecule has 2 unspecified atom stereocenters. The molecule has 0 aromatic heterocycles. The van der Waals surface area contributed by atoms with Crippen LogP contribution in [0.5, 0.6) is 0 Å². The van der Waals surface area contributed by atoms with Gasteiger partial charge < -0.3 is 4.74 Å². The highest BCUT2D eigenvalue weighted by Gasteiger charge is 2.15. The molecule has 0 aliphatic carbocycles. The minimum atomic E-state index is 0.119. The van der Waals surface area contributed by atoms with Gasteiger partial charge in [0.1, 0.15) is 6.10 Å². The standard InChI is InChI=1S/C10H20O2/c1-4-6-7-9(3)10(5-2)12-8-11/h8-10H,4-7H2,1-3H3. The third-order valence-electron chi connectivity index (χ3n) is 2.28. The van der Waals surface area contributed by atoms with Gasteiger partial charge in [-0.2, -0.15) is 0 Å². The maximum Gasteiger partial charge on any atom is 0.293 e. The van der Waals surface area contributed by atoms with Crippen molar-refractivity contribution in [1.29, 1.82) is 0 Å². The fraction of sp³-hybridized carbons (Fsp3) is 0.900. The highest BCUT2D eigenvalue weighted by atomic mass is 16.5. The van der Waals surface area contributed by atoms with Crippen molar-refractivity contribution in [3.05, 3.63) is 0 Å². The van der Waals surface area contributed by atoms with Gasteiger partial charge in [-0.1, -0.05) is 33.6 Å². The fourth-order valence-electron chi connectivity index (χ4n) is 1.42. The lowest BCUT2D eigenvalue weighted by Crippen LogP contribution is -2.20. The van der Waals surface area contributed by atoms with Crippen LogP contribution in [0.25, 0.3) is 0 Å². The molecule has 0 saturated carbocycles. The normalized spacial score (nSPS) is 15.2. The van der Waals surface area contributed by atoms with Crippen LogP contribution in [0.3, 0.4) is 0 Å². The van der Waals surface area contributed by atoms with E-state index in [0.29, 0.717) is 12.4 Å². The summed E-state index contributed by atoms with van der Waals surface area (Å²) in [7, 11) is 0. The van der Waals surface area contributed by atoms with Crippen LogP contribution in [0.1, 0.15) is 46.5 Å². The maximum absolute atomic E-state index is 10.1. The third kappa shape index (κ3) is 4.37. The van der Waals surface area contributed by atoms with Crippen molar-refractivity contribution in [2.75, 3.05) is 0 Å². The Kier molecular flexibility index (Phi) is 6.82. The van der Waals surface area contributed by atoms with Crippen LogP contribution in [-0.2, 0) is 9.53 Å². The van der Waals surface area contributed by atoms with Crippen molar-refractivity contribution in [2.24, 2.45) is 5.92 Å². The minimum Gasteiger partial charge on any atom is -0.464 e. The van der Waals surface area contributed by atoms with Crippen LogP contribution in [0.2, 0.25) is 0 Å². The number of carbonyl (C=O) groups excluding carboxylic acids is 1. The third-order valence-corrected chi connectivity index (χ3v) is 2.28. The summed E-state index contributed by atoms with van der Waals surface area (Å²) < 4.78 is 4.97. The average Bonchev–Trinajstić information content (AvgIpc) is 2.10. The Hall–Kier alpha value is -0.530. The Labute approximate surface area is 75.3 Å². The summed E-state index contributed by atoms with van der Waals surface area (Å²) in [6.07, 6.45) is 4.63. The van der Waals surface area contributed by atoms with E-state index in [1.807, 2.05) is 0 Å². The molecule has 0 saturated heterocycles. The molecule has 0 fully saturated rings. The Morgan fingerprint density at radius 1 is 1.42 bits per heavy atom. The van der Waals surface area contributed by atoms with Gasteiger partial charge in [0.25, 0.3) is 6.47 Å². The second-order valence-corrected chi connectivity index (χ2v) is 3.30. The summed E-state index contributed by atoms with van der Waals surface area (Å²) in [4.78, 5) is 10.1. The quantitative estimate of drug-likeness (QED) is 0.552. The predicted molar refractivity (Wildman–Crippen MR) is 49.9 cm³/mol. The molecule has 0 rings (SSSR count). The molecule has 0 aromatic rings.